The topological polar surface area (TPSA) is 0 Å². The van der Waals surface area contributed by atoms with Gasteiger partial charge in [0.25, 0.3) is 0 Å². The second-order valence-electron chi connectivity index (χ2n) is 6.81. The number of hydrogen-bond acceptors (Lipinski definition) is 0. The molecule has 0 aliphatic heterocycles. The van der Waals surface area contributed by atoms with Gasteiger partial charge in [0.15, 0.2) is 0 Å². The minimum atomic E-state index is 0.183. The van der Waals surface area contributed by atoms with Gasteiger partial charge >= 0.3 is 0 Å². The van der Waals surface area contributed by atoms with Crippen LogP contribution < -0.4 is 0 Å². The van der Waals surface area contributed by atoms with Crippen LogP contribution in [0.2, 0.25) is 0 Å². The Kier molecular flexibility index (Phi) is 4.30. The van der Waals surface area contributed by atoms with Gasteiger partial charge < -0.3 is 0 Å². The lowest BCUT2D eigenvalue weighted by Crippen LogP contribution is -2.18. The number of halogens is 1. The van der Waals surface area contributed by atoms with Crippen molar-refractivity contribution >= 4 is 11.6 Å². The highest BCUT2D eigenvalue weighted by Crippen LogP contribution is 2.31. The molecule has 0 aliphatic carbocycles. The molecule has 0 heterocycles. The van der Waals surface area contributed by atoms with Crippen LogP contribution in [0.4, 0.5) is 0 Å². The molecule has 0 N–H and O–H groups in total. The molecule has 0 unspecified atom stereocenters. The maximum Gasteiger partial charge on any atom is 0.0264 e. The Balaban J connectivity index is 3.30. The lowest BCUT2D eigenvalue weighted by molar-refractivity contribution is 0.564. The van der Waals surface area contributed by atoms with E-state index in [1.807, 2.05) is 0 Å². The molecule has 0 aliphatic rings. The Hall–Kier alpha value is -0.490. The molecule has 0 spiro atoms. The Morgan fingerprint density at radius 2 is 1.53 bits per heavy atom. The average molecular weight is 253 g/mol. The summed E-state index contributed by atoms with van der Waals surface area (Å²) in [5, 5.41) is 0. The van der Waals surface area contributed by atoms with Gasteiger partial charge in [0.2, 0.25) is 0 Å². The van der Waals surface area contributed by atoms with Crippen molar-refractivity contribution in [3.05, 3.63) is 34.9 Å². The summed E-state index contributed by atoms with van der Waals surface area (Å²) < 4.78 is 0. The van der Waals surface area contributed by atoms with Gasteiger partial charge in [-0.1, -0.05) is 59.7 Å². The summed E-state index contributed by atoms with van der Waals surface area (Å²) in [6.07, 6.45) is 0.957. The van der Waals surface area contributed by atoms with E-state index in [1.54, 1.807) is 0 Å². The summed E-state index contributed by atoms with van der Waals surface area (Å²) in [6.45, 7) is 13.6. The van der Waals surface area contributed by atoms with Gasteiger partial charge in [0.05, 0.1) is 0 Å². The maximum absolute atomic E-state index is 5.89. The summed E-state index contributed by atoms with van der Waals surface area (Å²) >= 11 is 5.89. The maximum atomic E-state index is 5.89. The van der Waals surface area contributed by atoms with Crippen LogP contribution in [0, 0.1) is 0 Å². The summed E-state index contributed by atoms with van der Waals surface area (Å²) in [5.74, 6) is 0.692. The van der Waals surface area contributed by atoms with Crippen molar-refractivity contribution in [1.29, 1.82) is 0 Å². The van der Waals surface area contributed by atoms with Gasteiger partial charge in [-0.3, -0.25) is 0 Å². The zero-order chi connectivity index (χ0) is 13.3. The third-order valence-electron chi connectivity index (χ3n) is 3.15. The van der Waals surface area contributed by atoms with Crippen LogP contribution in [-0.2, 0) is 17.3 Å². The average Bonchev–Trinajstić information content (AvgIpc) is 2.15. The molecule has 0 saturated carbocycles. The van der Waals surface area contributed by atoms with E-state index in [1.165, 1.54) is 16.7 Å². The second kappa shape index (κ2) is 5.02. The molecule has 96 valence electrons. The first-order valence-corrected chi connectivity index (χ1v) is 6.89. The normalized spacial score (nSPS) is 12.9. The fraction of sp³-hybridized carbons (Fsp3) is 0.625. The van der Waals surface area contributed by atoms with Crippen LogP contribution in [0.25, 0.3) is 0 Å². The Morgan fingerprint density at radius 3 is 1.94 bits per heavy atom. The van der Waals surface area contributed by atoms with E-state index in [9.17, 15) is 0 Å². The molecule has 1 heteroatoms. The first-order valence-electron chi connectivity index (χ1n) is 6.36. The standard InChI is InChI=1S/C16H25Cl/c1-15(2,3)13-8-7-12(9-10-17)14(11-13)16(4,5)6/h7-8,11H,9-10H2,1-6H3. The number of aryl methyl sites for hydroxylation is 1. The summed E-state index contributed by atoms with van der Waals surface area (Å²) in [5.41, 5.74) is 4.62. The predicted octanol–water partition coefficient (Wildman–Crippen LogP) is 5.06. The van der Waals surface area contributed by atoms with Crippen LogP contribution >= 0.6 is 11.6 Å². The van der Waals surface area contributed by atoms with Crippen LogP contribution in [-0.4, -0.2) is 5.88 Å². The van der Waals surface area contributed by atoms with Gasteiger partial charge in [-0.05, 0) is 33.9 Å². The highest BCUT2D eigenvalue weighted by atomic mass is 35.5. The van der Waals surface area contributed by atoms with E-state index in [0.29, 0.717) is 5.88 Å². The van der Waals surface area contributed by atoms with Crippen molar-refractivity contribution in [1.82, 2.24) is 0 Å². The van der Waals surface area contributed by atoms with Crippen molar-refractivity contribution in [3.63, 3.8) is 0 Å². The van der Waals surface area contributed by atoms with Crippen molar-refractivity contribution in [2.75, 3.05) is 5.88 Å². The van der Waals surface area contributed by atoms with Crippen LogP contribution in [0.3, 0.4) is 0 Å². The SMILES string of the molecule is CC(C)(C)c1ccc(CCCl)c(C(C)(C)C)c1. The smallest absolute Gasteiger partial charge is 0.0264 e. The molecule has 17 heavy (non-hydrogen) atoms. The van der Waals surface area contributed by atoms with Gasteiger partial charge in [-0.15, -0.1) is 11.6 Å². The Bertz CT molecular complexity index is 377. The first-order chi connectivity index (χ1) is 7.66. The van der Waals surface area contributed by atoms with Crippen LogP contribution in [0.15, 0.2) is 18.2 Å². The summed E-state index contributed by atoms with van der Waals surface area (Å²) in [4.78, 5) is 0. The lowest BCUT2D eigenvalue weighted by Gasteiger charge is -2.27. The lowest BCUT2D eigenvalue weighted by atomic mass is 9.78. The molecule has 1 rings (SSSR count). The third-order valence-corrected chi connectivity index (χ3v) is 3.34. The number of alkyl halides is 1. The highest BCUT2D eigenvalue weighted by Gasteiger charge is 2.21. The van der Waals surface area contributed by atoms with E-state index in [-0.39, 0.29) is 10.8 Å². The summed E-state index contributed by atoms with van der Waals surface area (Å²) in [6, 6.07) is 6.86. The molecule has 0 amide bonds. The van der Waals surface area contributed by atoms with Gasteiger partial charge in [0.1, 0.15) is 0 Å². The fourth-order valence-corrected chi connectivity index (χ4v) is 2.26. The van der Waals surface area contributed by atoms with Crippen molar-refractivity contribution in [3.8, 4) is 0 Å². The molecule has 0 aromatic heterocycles. The van der Waals surface area contributed by atoms with Crippen LogP contribution in [0.1, 0.15) is 58.2 Å². The van der Waals surface area contributed by atoms with E-state index >= 15 is 0 Å². The van der Waals surface area contributed by atoms with Crippen molar-refractivity contribution in [2.45, 2.75) is 58.8 Å². The number of benzene rings is 1. The molecule has 1 aromatic carbocycles. The molecule has 0 atom stereocenters. The molecule has 0 bridgehead atoms. The van der Waals surface area contributed by atoms with Gasteiger partial charge in [-0.25, -0.2) is 0 Å². The first kappa shape index (κ1) is 14.6. The van der Waals surface area contributed by atoms with Gasteiger partial charge in [-0.2, -0.15) is 0 Å². The van der Waals surface area contributed by atoms with Gasteiger partial charge in [0, 0.05) is 5.88 Å². The van der Waals surface area contributed by atoms with E-state index in [4.69, 9.17) is 11.6 Å². The predicted molar refractivity (Wildman–Crippen MR) is 78.3 cm³/mol. The van der Waals surface area contributed by atoms with Crippen LogP contribution in [0.5, 0.6) is 0 Å². The minimum absolute atomic E-state index is 0.183. The quantitative estimate of drug-likeness (QED) is 0.645. The molecular formula is C16H25Cl. The highest BCUT2D eigenvalue weighted by molar-refractivity contribution is 6.18. The third kappa shape index (κ3) is 3.74. The van der Waals surface area contributed by atoms with Crippen molar-refractivity contribution < 1.29 is 0 Å². The van der Waals surface area contributed by atoms with E-state index in [2.05, 4.69) is 59.7 Å². The van der Waals surface area contributed by atoms with E-state index < -0.39 is 0 Å². The Labute approximate surface area is 111 Å². The van der Waals surface area contributed by atoms with Crippen molar-refractivity contribution in [2.24, 2.45) is 0 Å². The molecule has 0 radical (unpaired) electrons. The molecular weight excluding hydrogens is 228 g/mol. The van der Waals surface area contributed by atoms with E-state index in [0.717, 1.165) is 6.42 Å². The second-order valence-corrected chi connectivity index (χ2v) is 7.19. The molecule has 0 fully saturated rings. The molecule has 0 nitrogen and oxygen atoms in total. The number of hydrogen-bond donors (Lipinski definition) is 0. The largest absolute Gasteiger partial charge is 0.126 e. The Morgan fingerprint density at radius 1 is 0.941 bits per heavy atom. The molecule has 0 saturated heterocycles. The molecule has 1 aromatic rings. The number of rotatable bonds is 2. The fourth-order valence-electron chi connectivity index (χ4n) is 2.06. The summed E-state index contributed by atoms with van der Waals surface area (Å²) in [7, 11) is 0. The zero-order valence-electron chi connectivity index (χ0n) is 12.0. The zero-order valence-corrected chi connectivity index (χ0v) is 12.8. The monoisotopic (exact) mass is 252 g/mol. The minimum Gasteiger partial charge on any atom is -0.126 e.